The highest BCUT2D eigenvalue weighted by molar-refractivity contribution is 6.26. The highest BCUT2D eigenvalue weighted by Gasteiger charge is 2.73. The fourth-order valence-corrected chi connectivity index (χ4v) is 6.48. The summed E-state index contributed by atoms with van der Waals surface area (Å²) in [5, 5.41) is 12.5. The van der Waals surface area contributed by atoms with Crippen LogP contribution in [0.15, 0.2) is 60.7 Å². The van der Waals surface area contributed by atoms with Crippen LogP contribution in [-0.4, -0.2) is 41.7 Å². The number of nitrogens with zero attached hydrogens (tertiary/aromatic N) is 2. The number of anilines is 1. The van der Waals surface area contributed by atoms with Gasteiger partial charge in [-0.1, -0.05) is 18.2 Å². The molecule has 3 aromatic rings. The summed E-state index contributed by atoms with van der Waals surface area (Å²) in [6.07, 6.45) is 1.79. The number of ether oxygens (including phenoxy) is 3. The lowest BCUT2D eigenvalue weighted by Gasteiger charge is -2.31. The fraction of sp³-hybridized carbons (Fsp3) is 0.357. The van der Waals surface area contributed by atoms with E-state index >= 15 is 0 Å². The SMILES string of the molecule is COc1ccc(OCC[C@@]23CC[C@@](C)(O2)[C@H]2C(=O)N(c4ccc([N+](=O)[O-])c5ccccc45)C(=O)[C@H]23)cc1. The van der Waals surface area contributed by atoms with Gasteiger partial charge in [0, 0.05) is 17.9 Å². The van der Waals surface area contributed by atoms with Crippen LogP contribution in [0, 0.1) is 22.0 Å². The molecule has 6 rings (SSSR count). The first-order valence-corrected chi connectivity index (χ1v) is 12.3. The molecule has 3 aliphatic rings. The van der Waals surface area contributed by atoms with Crippen molar-refractivity contribution in [1.82, 2.24) is 0 Å². The highest BCUT2D eigenvalue weighted by atomic mass is 16.6. The quantitative estimate of drug-likeness (QED) is 0.263. The number of amides is 2. The van der Waals surface area contributed by atoms with E-state index in [2.05, 4.69) is 0 Å². The van der Waals surface area contributed by atoms with Crippen molar-refractivity contribution >= 4 is 34.0 Å². The first kappa shape index (κ1) is 23.4. The molecule has 2 bridgehead atoms. The van der Waals surface area contributed by atoms with E-state index in [4.69, 9.17) is 14.2 Å². The predicted molar refractivity (Wildman–Crippen MR) is 135 cm³/mol. The standard InChI is InChI=1S/C28H26N2O7/c1-27-13-14-28(37-27,15-16-36-18-9-7-17(35-2)8-10-18)24-23(27)25(31)29(26(24)32)21-11-12-22(30(33)34)20-6-4-3-5-19(20)21/h3-12,23-24H,13-16H2,1-2H3/t23-,24+,27-,28-/m1/s1. The first-order valence-electron chi connectivity index (χ1n) is 12.3. The topological polar surface area (TPSA) is 108 Å². The van der Waals surface area contributed by atoms with Gasteiger partial charge in [0.1, 0.15) is 11.5 Å². The molecule has 2 amide bonds. The molecular weight excluding hydrogens is 476 g/mol. The molecule has 37 heavy (non-hydrogen) atoms. The summed E-state index contributed by atoms with van der Waals surface area (Å²) >= 11 is 0. The largest absolute Gasteiger partial charge is 0.497 e. The lowest BCUT2D eigenvalue weighted by Crippen LogP contribution is -2.43. The van der Waals surface area contributed by atoms with E-state index in [9.17, 15) is 19.7 Å². The number of non-ortho nitro benzene ring substituents is 1. The number of carbonyl (C=O) groups is 2. The maximum Gasteiger partial charge on any atom is 0.277 e. The Labute approximate surface area is 213 Å². The molecule has 0 N–H and O–H groups in total. The van der Waals surface area contributed by atoms with Crippen molar-refractivity contribution in [3.8, 4) is 11.5 Å². The average molecular weight is 503 g/mol. The van der Waals surface area contributed by atoms with Gasteiger partial charge in [-0.15, -0.1) is 0 Å². The maximum absolute atomic E-state index is 13.9. The van der Waals surface area contributed by atoms with Gasteiger partial charge in [0.05, 0.1) is 52.8 Å². The van der Waals surface area contributed by atoms with Gasteiger partial charge in [0.15, 0.2) is 0 Å². The Hall–Kier alpha value is -3.98. The zero-order valence-electron chi connectivity index (χ0n) is 20.5. The molecule has 3 saturated heterocycles. The van der Waals surface area contributed by atoms with Gasteiger partial charge in [0.25, 0.3) is 5.69 Å². The third kappa shape index (κ3) is 3.41. The van der Waals surface area contributed by atoms with Gasteiger partial charge >= 0.3 is 0 Å². The number of imide groups is 1. The van der Waals surface area contributed by atoms with E-state index in [0.29, 0.717) is 48.1 Å². The van der Waals surface area contributed by atoms with E-state index in [0.717, 1.165) is 5.75 Å². The molecule has 0 radical (unpaired) electrons. The summed E-state index contributed by atoms with van der Waals surface area (Å²) in [5.41, 5.74) is -1.24. The smallest absolute Gasteiger partial charge is 0.277 e. The minimum Gasteiger partial charge on any atom is -0.497 e. The van der Waals surface area contributed by atoms with Crippen molar-refractivity contribution in [2.24, 2.45) is 11.8 Å². The minimum absolute atomic E-state index is 0.0684. The van der Waals surface area contributed by atoms with E-state index in [1.165, 1.54) is 17.0 Å². The fourth-order valence-electron chi connectivity index (χ4n) is 6.48. The Bertz CT molecular complexity index is 1440. The number of methoxy groups -OCH3 is 1. The van der Waals surface area contributed by atoms with Crippen LogP contribution >= 0.6 is 0 Å². The van der Waals surface area contributed by atoms with Crippen molar-refractivity contribution in [1.29, 1.82) is 0 Å². The van der Waals surface area contributed by atoms with Crippen LogP contribution in [0.2, 0.25) is 0 Å². The Morgan fingerprint density at radius 1 is 0.973 bits per heavy atom. The number of benzene rings is 3. The Kier molecular flexibility index (Phi) is 5.24. The number of nitro groups is 1. The van der Waals surface area contributed by atoms with Crippen LogP contribution < -0.4 is 14.4 Å². The zero-order valence-corrected chi connectivity index (χ0v) is 20.5. The highest BCUT2D eigenvalue weighted by Crippen LogP contribution is 2.62. The molecular formula is C28H26N2O7. The monoisotopic (exact) mass is 502 g/mol. The van der Waals surface area contributed by atoms with Crippen LogP contribution in [0.25, 0.3) is 10.8 Å². The molecule has 3 fully saturated rings. The van der Waals surface area contributed by atoms with E-state index in [1.54, 1.807) is 31.4 Å². The zero-order chi connectivity index (χ0) is 25.9. The molecule has 3 aromatic carbocycles. The number of fused-ring (bicyclic) bond motifs is 6. The second-order valence-electron chi connectivity index (χ2n) is 10.1. The molecule has 3 heterocycles. The molecule has 0 aliphatic carbocycles. The van der Waals surface area contributed by atoms with Crippen molar-refractivity contribution in [3.05, 3.63) is 70.8 Å². The van der Waals surface area contributed by atoms with Gasteiger partial charge < -0.3 is 14.2 Å². The van der Waals surface area contributed by atoms with Crippen LogP contribution in [0.4, 0.5) is 11.4 Å². The molecule has 0 saturated carbocycles. The summed E-state index contributed by atoms with van der Waals surface area (Å²) in [5.74, 6) is -0.458. The average Bonchev–Trinajstić information content (AvgIpc) is 3.48. The maximum atomic E-state index is 13.9. The molecule has 190 valence electrons. The van der Waals surface area contributed by atoms with Crippen LogP contribution in [0.3, 0.4) is 0 Å². The summed E-state index contributed by atoms with van der Waals surface area (Å²) < 4.78 is 17.6. The van der Waals surface area contributed by atoms with Crippen molar-refractivity contribution in [2.45, 2.75) is 37.4 Å². The number of hydrogen-bond acceptors (Lipinski definition) is 7. The second kappa shape index (κ2) is 8.27. The van der Waals surface area contributed by atoms with Crippen molar-refractivity contribution < 1.29 is 28.7 Å². The van der Waals surface area contributed by atoms with Crippen LogP contribution in [0.5, 0.6) is 11.5 Å². The Morgan fingerprint density at radius 3 is 2.35 bits per heavy atom. The van der Waals surface area contributed by atoms with Gasteiger partial charge in [-0.25, -0.2) is 4.90 Å². The lowest BCUT2D eigenvalue weighted by atomic mass is 9.67. The predicted octanol–water partition coefficient (Wildman–Crippen LogP) is 4.65. The van der Waals surface area contributed by atoms with Crippen molar-refractivity contribution in [3.63, 3.8) is 0 Å². The third-order valence-electron chi connectivity index (χ3n) is 8.18. The molecule has 9 heteroatoms. The van der Waals surface area contributed by atoms with E-state index in [1.807, 2.05) is 31.2 Å². The third-order valence-corrected chi connectivity index (χ3v) is 8.18. The van der Waals surface area contributed by atoms with Gasteiger partial charge in [0.2, 0.25) is 11.8 Å². The molecule has 0 spiro atoms. The van der Waals surface area contributed by atoms with Crippen LogP contribution in [-0.2, 0) is 14.3 Å². The molecule has 0 unspecified atom stereocenters. The number of carbonyl (C=O) groups excluding carboxylic acids is 2. The molecule has 9 nitrogen and oxygen atoms in total. The van der Waals surface area contributed by atoms with Crippen LogP contribution in [0.1, 0.15) is 26.2 Å². The number of nitro benzene ring substituents is 1. The number of hydrogen-bond donors (Lipinski definition) is 0. The Morgan fingerprint density at radius 2 is 1.65 bits per heavy atom. The van der Waals surface area contributed by atoms with Gasteiger partial charge in [-0.05, 0) is 56.2 Å². The van der Waals surface area contributed by atoms with Gasteiger partial charge in [-0.3, -0.25) is 19.7 Å². The number of rotatable bonds is 7. The second-order valence-corrected chi connectivity index (χ2v) is 10.1. The summed E-state index contributed by atoms with van der Waals surface area (Å²) in [7, 11) is 1.60. The van der Waals surface area contributed by atoms with Gasteiger partial charge in [-0.2, -0.15) is 0 Å². The molecule has 0 aromatic heterocycles. The summed E-state index contributed by atoms with van der Waals surface area (Å²) in [4.78, 5) is 40.1. The normalized spacial score (nSPS) is 28.1. The van der Waals surface area contributed by atoms with Crippen molar-refractivity contribution in [2.75, 3.05) is 18.6 Å². The summed E-state index contributed by atoms with van der Waals surface area (Å²) in [6.45, 7) is 2.24. The lowest BCUT2D eigenvalue weighted by molar-refractivity contribution is -0.383. The molecule has 3 aliphatic heterocycles. The first-order chi connectivity index (χ1) is 17.8. The molecule has 4 atom stereocenters. The minimum atomic E-state index is -0.802. The Balaban J connectivity index is 1.31. The van der Waals surface area contributed by atoms with E-state index in [-0.39, 0.29) is 17.5 Å². The summed E-state index contributed by atoms with van der Waals surface area (Å²) in [6, 6.07) is 16.9. The van der Waals surface area contributed by atoms with E-state index < -0.39 is 28.0 Å².